The number of halogens is 2. The Hall–Kier alpha value is -0.350. The summed E-state index contributed by atoms with van der Waals surface area (Å²) in [5, 5.41) is 6.74. The van der Waals surface area contributed by atoms with E-state index in [1.165, 1.54) is 4.88 Å². The molecule has 130 valence electrons. The van der Waals surface area contributed by atoms with Gasteiger partial charge in [-0.25, -0.2) is 0 Å². The van der Waals surface area contributed by atoms with E-state index >= 15 is 0 Å². The number of hydrogen-bond donors (Lipinski definition) is 2. The number of nitrogens with zero attached hydrogens (tertiary/aromatic N) is 2. The first-order valence-corrected chi connectivity index (χ1v) is 9.22. The molecule has 2 heterocycles. The number of carbonyl (C=O) groups excluding carboxylic acids is 1. The molecule has 1 aliphatic rings. The third-order valence-electron chi connectivity index (χ3n) is 3.70. The topological polar surface area (TPSA) is 56.7 Å². The van der Waals surface area contributed by atoms with Gasteiger partial charge in [-0.05, 0) is 40.9 Å². The van der Waals surface area contributed by atoms with Crippen molar-refractivity contribution in [2.24, 2.45) is 4.99 Å². The number of nitrogens with one attached hydrogen (secondary N) is 2. The van der Waals surface area contributed by atoms with Crippen LogP contribution in [0.1, 0.15) is 24.6 Å². The van der Waals surface area contributed by atoms with Crippen LogP contribution in [0, 0.1) is 0 Å². The molecular weight excluding hydrogens is 491 g/mol. The van der Waals surface area contributed by atoms with Crippen LogP contribution in [0.2, 0.25) is 0 Å². The van der Waals surface area contributed by atoms with Crippen molar-refractivity contribution in [1.82, 2.24) is 15.5 Å². The standard InChI is InChI=1S/C15H23BrN4OS.HI/c1-3-14(21)20-9-7-11(10-20)19-15(17-2)18-8-6-12-4-5-13(16)22-12;/h4-5,11H,3,6-10H2,1-2H3,(H2,17,18,19);1H. The molecular formula is C15H24BrIN4OS. The van der Waals surface area contributed by atoms with Gasteiger partial charge in [-0.1, -0.05) is 6.92 Å². The fraction of sp³-hybridized carbons (Fsp3) is 0.600. The molecule has 0 spiro atoms. The van der Waals surface area contributed by atoms with Crippen molar-refractivity contribution in [3.8, 4) is 0 Å². The van der Waals surface area contributed by atoms with Crippen LogP contribution in [-0.4, -0.2) is 49.5 Å². The molecule has 1 fully saturated rings. The Kier molecular flexibility index (Phi) is 9.45. The summed E-state index contributed by atoms with van der Waals surface area (Å²) < 4.78 is 1.16. The van der Waals surface area contributed by atoms with Crippen molar-refractivity contribution < 1.29 is 4.79 Å². The molecule has 0 radical (unpaired) electrons. The Morgan fingerprint density at radius 3 is 2.91 bits per heavy atom. The number of aliphatic imine (C=N–C) groups is 1. The quantitative estimate of drug-likeness (QED) is 0.361. The van der Waals surface area contributed by atoms with Crippen molar-refractivity contribution in [3.05, 3.63) is 20.8 Å². The van der Waals surface area contributed by atoms with Gasteiger partial charge < -0.3 is 15.5 Å². The molecule has 0 saturated carbocycles. The van der Waals surface area contributed by atoms with Gasteiger partial charge in [0.2, 0.25) is 5.91 Å². The summed E-state index contributed by atoms with van der Waals surface area (Å²) >= 11 is 5.24. The highest BCUT2D eigenvalue weighted by Crippen LogP contribution is 2.22. The zero-order valence-electron chi connectivity index (χ0n) is 13.5. The third-order valence-corrected chi connectivity index (χ3v) is 5.38. The van der Waals surface area contributed by atoms with E-state index < -0.39 is 0 Å². The van der Waals surface area contributed by atoms with Gasteiger partial charge in [-0.3, -0.25) is 9.79 Å². The van der Waals surface area contributed by atoms with E-state index in [1.54, 1.807) is 18.4 Å². The Bertz CT molecular complexity index is 537. The Balaban J connectivity index is 0.00000264. The second-order valence-corrected chi connectivity index (χ2v) is 7.83. The second kappa shape index (κ2) is 10.5. The van der Waals surface area contributed by atoms with E-state index in [4.69, 9.17) is 0 Å². The van der Waals surface area contributed by atoms with E-state index in [9.17, 15) is 4.79 Å². The number of guanidine groups is 1. The molecule has 1 amide bonds. The number of thiophene rings is 1. The first-order chi connectivity index (χ1) is 10.6. The van der Waals surface area contributed by atoms with E-state index in [0.29, 0.717) is 6.42 Å². The average molecular weight is 515 g/mol. The third kappa shape index (κ3) is 6.58. The fourth-order valence-corrected chi connectivity index (χ4v) is 3.99. The van der Waals surface area contributed by atoms with Crippen molar-refractivity contribution in [3.63, 3.8) is 0 Å². The number of likely N-dealkylation sites (tertiary alicyclic amines) is 1. The number of carbonyl (C=O) groups is 1. The zero-order chi connectivity index (χ0) is 15.9. The van der Waals surface area contributed by atoms with Crippen LogP contribution in [0.25, 0.3) is 0 Å². The monoisotopic (exact) mass is 514 g/mol. The molecule has 1 aromatic rings. The van der Waals surface area contributed by atoms with Gasteiger partial charge in [0.1, 0.15) is 0 Å². The SMILES string of the molecule is CCC(=O)N1CCC(NC(=NC)NCCc2ccc(Br)s2)C1.I. The maximum Gasteiger partial charge on any atom is 0.222 e. The lowest BCUT2D eigenvalue weighted by atomic mass is 10.3. The Morgan fingerprint density at radius 1 is 1.52 bits per heavy atom. The van der Waals surface area contributed by atoms with Gasteiger partial charge in [0.05, 0.1) is 3.79 Å². The summed E-state index contributed by atoms with van der Waals surface area (Å²) in [6.07, 6.45) is 2.53. The molecule has 8 heteroatoms. The van der Waals surface area contributed by atoms with Gasteiger partial charge in [-0.15, -0.1) is 35.3 Å². The average Bonchev–Trinajstić information content (AvgIpc) is 3.14. The van der Waals surface area contributed by atoms with E-state index in [0.717, 1.165) is 42.2 Å². The number of rotatable bonds is 5. The van der Waals surface area contributed by atoms with E-state index in [2.05, 4.69) is 43.7 Å². The molecule has 1 unspecified atom stereocenters. The highest BCUT2D eigenvalue weighted by atomic mass is 127. The van der Waals surface area contributed by atoms with Gasteiger partial charge in [0.15, 0.2) is 5.96 Å². The summed E-state index contributed by atoms with van der Waals surface area (Å²) in [4.78, 5) is 19.2. The van der Waals surface area contributed by atoms with Crippen molar-refractivity contribution >= 4 is 63.1 Å². The number of amides is 1. The minimum Gasteiger partial charge on any atom is -0.356 e. The molecule has 0 aromatic carbocycles. The molecule has 0 aliphatic carbocycles. The van der Waals surface area contributed by atoms with Crippen LogP contribution < -0.4 is 10.6 Å². The minimum absolute atomic E-state index is 0. The van der Waals surface area contributed by atoms with Crippen LogP contribution in [-0.2, 0) is 11.2 Å². The van der Waals surface area contributed by atoms with Gasteiger partial charge in [0.25, 0.3) is 0 Å². The predicted octanol–water partition coefficient (Wildman–Crippen LogP) is 2.85. The second-order valence-electron chi connectivity index (χ2n) is 5.28. The molecule has 1 aromatic heterocycles. The van der Waals surface area contributed by atoms with E-state index in [1.807, 2.05) is 11.8 Å². The Morgan fingerprint density at radius 2 is 2.30 bits per heavy atom. The van der Waals surface area contributed by atoms with Crippen molar-refractivity contribution in [1.29, 1.82) is 0 Å². The van der Waals surface area contributed by atoms with E-state index in [-0.39, 0.29) is 35.9 Å². The lowest BCUT2D eigenvalue weighted by Gasteiger charge is -2.18. The summed E-state index contributed by atoms with van der Waals surface area (Å²) in [7, 11) is 1.78. The van der Waals surface area contributed by atoms with Crippen LogP contribution in [0.15, 0.2) is 20.9 Å². The highest BCUT2D eigenvalue weighted by Gasteiger charge is 2.25. The van der Waals surface area contributed by atoms with Crippen molar-refractivity contribution in [2.75, 3.05) is 26.7 Å². The fourth-order valence-electron chi connectivity index (χ4n) is 2.51. The molecule has 1 atom stereocenters. The maximum atomic E-state index is 11.7. The van der Waals surface area contributed by atoms with Crippen LogP contribution in [0.4, 0.5) is 0 Å². The predicted molar refractivity (Wildman–Crippen MR) is 111 cm³/mol. The molecule has 0 bridgehead atoms. The summed E-state index contributed by atoms with van der Waals surface area (Å²) in [6.45, 7) is 4.36. The van der Waals surface area contributed by atoms with Gasteiger partial charge >= 0.3 is 0 Å². The normalized spacial score (nSPS) is 17.8. The highest BCUT2D eigenvalue weighted by molar-refractivity contribution is 14.0. The number of hydrogen-bond acceptors (Lipinski definition) is 3. The minimum atomic E-state index is 0. The zero-order valence-corrected chi connectivity index (χ0v) is 18.2. The van der Waals surface area contributed by atoms with Crippen molar-refractivity contribution in [2.45, 2.75) is 32.2 Å². The first kappa shape index (κ1) is 20.7. The Labute approximate surface area is 167 Å². The van der Waals surface area contributed by atoms with Gasteiger partial charge in [-0.2, -0.15) is 0 Å². The first-order valence-electron chi connectivity index (χ1n) is 7.61. The van der Waals surface area contributed by atoms with Crippen LogP contribution >= 0.6 is 51.2 Å². The molecule has 2 N–H and O–H groups in total. The largest absolute Gasteiger partial charge is 0.356 e. The smallest absolute Gasteiger partial charge is 0.222 e. The molecule has 2 rings (SSSR count). The summed E-state index contributed by atoms with van der Waals surface area (Å²) in [5.41, 5.74) is 0. The van der Waals surface area contributed by atoms with Crippen LogP contribution in [0.3, 0.4) is 0 Å². The summed E-state index contributed by atoms with van der Waals surface area (Å²) in [5.74, 6) is 1.04. The molecule has 1 aliphatic heterocycles. The van der Waals surface area contributed by atoms with Crippen LogP contribution in [0.5, 0.6) is 0 Å². The lowest BCUT2D eigenvalue weighted by Crippen LogP contribution is -2.45. The summed E-state index contributed by atoms with van der Waals surface area (Å²) in [6, 6.07) is 4.50. The molecule has 5 nitrogen and oxygen atoms in total. The molecule has 1 saturated heterocycles. The molecule has 23 heavy (non-hydrogen) atoms. The van der Waals surface area contributed by atoms with Gasteiger partial charge in [0, 0.05) is 44.0 Å². The lowest BCUT2D eigenvalue weighted by molar-refractivity contribution is -0.129. The maximum absolute atomic E-state index is 11.7.